The minimum absolute atomic E-state index is 0.250. The monoisotopic (exact) mass is 310 g/mol. The first-order valence-corrected chi connectivity index (χ1v) is 7.30. The highest BCUT2D eigenvalue weighted by molar-refractivity contribution is 6.10. The molecule has 1 aliphatic rings. The Hall–Kier alpha value is -2.66. The molecule has 1 unspecified atom stereocenters. The number of amides is 1. The van der Waals surface area contributed by atoms with Crippen molar-refractivity contribution >= 4 is 11.7 Å². The Morgan fingerprint density at radius 2 is 1.83 bits per heavy atom. The summed E-state index contributed by atoms with van der Waals surface area (Å²) in [6.07, 6.45) is 1.60. The molecule has 5 nitrogen and oxygen atoms in total. The van der Waals surface area contributed by atoms with E-state index in [1.807, 2.05) is 0 Å². The third kappa shape index (κ3) is 2.21. The van der Waals surface area contributed by atoms with Crippen LogP contribution in [0.3, 0.4) is 0 Å². The molecule has 2 aromatic rings. The number of anilines is 1. The lowest BCUT2D eigenvalue weighted by atomic mass is 9.94. The van der Waals surface area contributed by atoms with Gasteiger partial charge in [0.05, 0.1) is 7.11 Å². The van der Waals surface area contributed by atoms with Crippen LogP contribution in [0.5, 0.6) is 5.75 Å². The second-order valence-corrected chi connectivity index (χ2v) is 5.48. The number of nitrogens with zero attached hydrogens (tertiary/aromatic N) is 2. The maximum absolute atomic E-state index is 12.7. The molecule has 0 aliphatic carbocycles. The van der Waals surface area contributed by atoms with Gasteiger partial charge in [-0.25, -0.2) is 4.98 Å². The van der Waals surface area contributed by atoms with Gasteiger partial charge in [0.25, 0.3) is 5.91 Å². The summed E-state index contributed by atoms with van der Waals surface area (Å²) in [7, 11) is 1.58. The van der Waals surface area contributed by atoms with E-state index >= 15 is 0 Å². The standard InChI is InChI=1S/C18H18N2O3/c1-12-13(2)18(22,14-7-9-15(23-3)10-8-14)20(17(12)21)16-6-4-5-11-19-16/h4-11,22H,1-3H3. The molecule has 0 saturated heterocycles. The Bertz CT molecular complexity index is 769. The molecule has 23 heavy (non-hydrogen) atoms. The predicted molar refractivity (Wildman–Crippen MR) is 87.0 cm³/mol. The SMILES string of the molecule is COc1ccc(C2(O)C(C)=C(C)C(=O)N2c2ccccn2)cc1. The van der Waals surface area contributed by atoms with Crippen LogP contribution in [0.25, 0.3) is 0 Å². The molecular formula is C18H18N2O3. The quantitative estimate of drug-likeness (QED) is 0.946. The lowest BCUT2D eigenvalue weighted by Gasteiger charge is -2.35. The van der Waals surface area contributed by atoms with Gasteiger partial charge in [-0.05, 0) is 43.7 Å². The molecule has 0 bridgehead atoms. The number of rotatable bonds is 3. The van der Waals surface area contributed by atoms with Gasteiger partial charge < -0.3 is 9.84 Å². The van der Waals surface area contributed by atoms with Crippen LogP contribution in [-0.2, 0) is 10.5 Å². The molecule has 2 heterocycles. The molecule has 1 amide bonds. The van der Waals surface area contributed by atoms with Gasteiger partial charge in [-0.2, -0.15) is 0 Å². The first kappa shape index (κ1) is 15.2. The molecule has 0 radical (unpaired) electrons. The summed E-state index contributed by atoms with van der Waals surface area (Å²) in [5.74, 6) is 0.843. The van der Waals surface area contributed by atoms with E-state index in [-0.39, 0.29) is 5.91 Å². The normalized spacial score (nSPS) is 21.0. The smallest absolute Gasteiger partial charge is 0.258 e. The lowest BCUT2D eigenvalue weighted by Crippen LogP contribution is -2.46. The van der Waals surface area contributed by atoms with E-state index in [0.717, 1.165) is 0 Å². The fourth-order valence-corrected chi connectivity index (χ4v) is 2.83. The molecule has 0 fully saturated rings. The van der Waals surface area contributed by atoms with Crippen LogP contribution < -0.4 is 9.64 Å². The Balaban J connectivity index is 2.16. The largest absolute Gasteiger partial charge is 0.497 e. The highest BCUT2D eigenvalue weighted by Crippen LogP contribution is 2.43. The van der Waals surface area contributed by atoms with E-state index in [9.17, 15) is 9.90 Å². The van der Waals surface area contributed by atoms with Gasteiger partial charge in [0.15, 0.2) is 5.72 Å². The zero-order chi connectivity index (χ0) is 16.6. The van der Waals surface area contributed by atoms with Gasteiger partial charge in [0.1, 0.15) is 11.6 Å². The van der Waals surface area contributed by atoms with E-state index in [2.05, 4.69) is 4.98 Å². The van der Waals surface area contributed by atoms with Crippen LogP contribution in [0.2, 0.25) is 0 Å². The first-order chi connectivity index (χ1) is 11.0. The number of carbonyl (C=O) groups is 1. The third-order valence-corrected chi connectivity index (χ3v) is 4.30. The topological polar surface area (TPSA) is 62.7 Å². The van der Waals surface area contributed by atoms with E-state index in [1.165, 1.54) is 4.90 Å². The summed E-state index contributed by atoms with van der Waals surface area (Å²) in [5, 5.41) is 11.4. The number of benzene rings is 1. The molecular weight excluding hydrogens is 292 g/mol. The Kier molecular flexibility index (Phi) is 3.66. The summed E-state index contributed by atoms with van der Waals surface area (Å²) in [6.45, 7) is 3.48. The summed E-state index contributed by atoms with van der Waals surface area (Å²) in [6, 6.07) is 12.3. The fraction of sp³-hybridized carbons (Fsp3) is 0.222. The van der Waals surface area contributed by atoms with E-state index in [0.29, 0.717) is 28.3 Å². The van der Waals surface area contributed by atoms with Crippen molar-refractivity contribution in [2.45, 2.75) is 19.6 Å². The van der Waals surface area contributed by atoms with Gasteiger partial charge in [0, 0.05) is 17.3 Å². The molecule has 3 rings (SSSR count). The molecule has 0 spiro atoms. The molecule has 1 N–H and O–H groups in total. The Morgan fingerprint density at radius 3 is 2.39 bits per heavy atom. The zero-order valence-corrected chi connectivity index (χ0v) is 13.3. The van der Waals surface area contributed by atoms with Crippen molar-refractivity contribution in [1.29, 1.82) is 0 Å². The number of carbonyl (C=O) groups excluding carboxylic acids is 1. The molecule has 1 aliphatic heterocycles. The second-order valence-electron chi connectivity index (χ2n) is 5.48. The van der Waals surface area contributed by atoms with E-state index in [4.69, 9.17) is 4.74 Å². The molecule has 118 valence electrons. The molecule has 1 aromatic carbocycles. The summed E-state index contributed by atoms with van der Waals surface area (Å²) in [5.41, 5.74) is 0.154. The molecule has 0 saturated carbocycles. The van der Waals surface area contributed by atoms with Crippen LogP contribution in [0.1, 0.15) is 19.4 Å². The number of pyridine rings is 1. The third-order valence-electron chi connectivity index (χ3n) is 4.30. The zero-order valence-electron chi connectivity index (χ0n) is 13.3. The molecule has 1 atom stereocenters. The highest BCUT2D eigenvalue weighted by Gasteiger charge is 2.49. The van der Waals surface area contributed by atoms with Crippen molar-refractivity contribution in [2.75, 3.05) is 12.0 Å². The predicted octanol–water partition coefficient (Wildman–Crippen LogP) is 2.62. The minimum atomic E-state index is -1.55. The number of ether oxygens (including phenoxy) is 1. The maximum Gasteiger partial charge on any atom is 0.258 e. The molecule has 5 heteroatoms. The first-order valence-electron chi connectivity index (χ1n) is 7.30. The highest BCUT2D eigenvalue weighted by atomic mass is 16.5. The number of hydrogen-bond acceptors (Lipinski definition) is 4. The Labute approximate surface area is 134 Å². The number of methoxy groups -OCH3 is 1. The minimum Gasteiger partial charge on any atom is -0.497 e. The van der Waals surface area contributed by atoms with Crippen molar-refractivity contribution in [2.24, 2.45) is 0 Å². The van der Waals surface area contributed by atoms with Crippen molar-refractivity contribution < 1.29 is 14.6 Å². The average Bonchev–Trinajstić information content (AvgIpc) is 2.77. The average molecular weight is 310 g/mol. The lowest BCUT2D eigenvalue weighted by molar-refractivity contribution is -0.117. The van der Waals surface area contributed by atoms with E-state index in [1.54, 1.807) is 69.6 Å². The van der Waals surface area contributed by atoms with Crippen LogP contribution in [0.15, 0.2) is 59.8 Å². The summed E-state index contributed by atoms with van der Waals surface area (Å²) < 4.78 is 5.16. The number of aromatic nitrogens is 1. The van der Waals surface area contributed by atoms with Crippen molar-refractivity contribution in [3.05, 3.63) is 65.4 Å². The van der Waals surface area contributed by atoms with Crippen molar-refractivity contribution in [3.63, 3.8) is 0 Å². The van der Waals surface area contributed by atoms with Gasteiger partial charge in [-0.1, -0.05) is 18.2 Å². The van der Waals surface area contributed by atoms with Crippen molar-refractivity contribution in [1.82, 2.24) is 4.98 Å². The summed E-state index contributed by atoms with van der Waals surface area (Å²) >= 11 is 0. The van der Waals surface area contributed by atoms with Gasteiger partial charge in [-0.15, -0.1) is 0 Å². The van der Waals surface area contributed by atoms with Crippen LogP contribution in [0.4, 0.5) is 5.82 Å². The van der Waals surface area contributed by atoms with Crippen LogP contribution >= 0.6 is 0 Å². The number of hydrogen-bond donors (Lipinski definition) is 1. The van der Waals surface area contributed by atoms with Crippen LogP contribution in [0, 0.1) is 0 Å². The summed E-state index contributed by atoms with van der Waals surface area (Å²) in [4.78, 5) is 18.2. The van der Waals surface area contributed by atoms with Gasteiger partial charge in [-0.3, -0.25) is 9.69 Å². The van der Waals surface area contributed by atoms with E-state index < -0.39 is 5.72 Å². The van der Waals surface area contributed by atoms with Crippen LogP contribution in [-0.4, -0.2) is 23.1 Å². The van der Waals surface area contributed by atoms with Crippen molar-refractivity contribution in [3.8, 4) is 5.75 Å². The fourth-order valence-electron chi connectivity index (χ4n) is 2.83. The van der Waals surface area contributed by atoms with Gasteiger partial charge >= 0.3 is 0 Å². The maximum atomic E-state index is 12.7. The number of aliphatic hydroxyl groups is 1. The Morgan fingerprint density at radius 1 is 1.13 bits per heavy atom. The second kappa shape index (κ2) is 5.52. The van der Waals surface area contributed by atoms with Gasteiger partial charge in [0.2, 0.25) is 0 Å². The molecule has 1 aromatic heterocycles.